The lowest BCUT2D eigenvalue weighted by Gasteiger charge is -2.36. The van der Waals surface area contributed by atoms with Gasteiger partial charge >= 0.3 is 0 Å². The number of carbonyl (C=O) groups excluding carboxylic acids is 2. The number of fused-ring (bicyclic) bond motifs is 1. The fourth-order valence-corrected chi connectivity index (χ4v) is 4.48. The smallest absolute Gasteiger partial charge is 0.255 e. The van der Waals surface area contributed by atoms with Gasteiger partial charge in [-0.2, -0.15) is 0 Å². The van der Waals surface area contributed by atoms with Crippen molar-refractivity contribution in [3.05, 3.63) is 83.6 Å². The molecule has 6 nitrogen and oxygen atoms in total. The number of hydrogen-bond acceptors (Lipinski definition) is 5. The van der Waals surface area contributed by atoms with Crippen LogP contribution in [-0.4, -0.2) is 36.2 Å². The van der Waals surface area contributed by atoms with Gasteiger partial charge in [0, 0.05) is 16.0 Å². The molecule has 1 atom stereocenters. The molecule has 3 aromatic rings. The zero-order valence-corrected chi connectivity index (χ0v) is 18.0. The molecule has 0 spiro atoms. The molecule has 1 aliphatic rings. The number of furan rings is 1. The van der Waals surface area contributed by atoms with E-state index in [1.807, 2.05) is 25.1 Å². The first kappa shape index (κ1) is 21.1. The third-order valence-electron chi connectivity index (χ3n) is 4.99. The lowest BCUT2D eigenvalue weighted by molar-refractivity contribution is -0.120. The van der Waals surface area contributed by atoms with Crippen LogP contribution in [-0.2, 0) is 17.9 Å². The predicted molar refractivity (Wildman–Crippen MR) is 117 cm³/mol. The standard InChI is InChI=1S/C23H22FN3O3S/c1-26(2)23-22(29)27(14-16-6-3-4-8-18(16)24)19-12-15(9-10-20(19)31-23)21(28)25-13-17-7-5-11-30-17/h3-12,23H,13-14H2,1-2H3,(H,25,28). The highest BCUT2D eigenvalue weighted by molar-refractivity contribution is 8.00. The lowest BCUT2D eigenvalue weighted by atomic mass is 10.1. The number of rotatable bonds is 6. The maximum absolute atomic E-state index is 14.3. The molecule has 1 aromatic heterocycles. The Morgan fingerprint density at radius 2 is 2.00 bits per heavy atom. The second-order valence-corrected chi connectivity index (χ2v) is 8.52. The molecule has 160 valence electrons. The average Bonchev–Trinajstić information content (AvgIpc) is 3.28. The summed E-state index contributed by atoms with van der Waals surface area (Å²) in [7, 11) is 3.66. The van der Waals surface area contributed by atoms with E-state index in [0.29, 0.717) is 22.6 Å². The Hall–Kier alpha value is -3.10. The number of likely N-dealkylation sites (N-methyl/N-ethyl adjacent to an activating group) is 1. The SMILES string of the molecule is CN(C)C1Sc2ccc(C(=O)NCc3ccco3)cc2N(Cc2ccccc2F)C1=O. The molecule has 8 heteroatoms. The van der Waals surface area contributed by atoms with Crippen LogP contribution in [0.15, 0.2) is 70.2 Å². The molecule has 1 unspecified atom stereocenters. The number of nitrogens with zero attached hydrogens (tertiary/aromatic N) is 2. The van der Waals surface area contributed by atoms with Crippen molar-refractivity contribution in [1.82, 2.24) is 10.2 Å². The number of nitrogens with one attached hydrogen (secondary N) is 1. The molecule has 0 fully saturated rings. The third kappa shape index (κ3) is 4.50. The van der Waals surface area contributed by atoms with Crippen LogP contribution >= 0.6 is 11.8 Å². The summed E-state index contributed by atoms with van der Waals surface area (Å²) in [6.45, 7) is 0.346. The molecule has 2 amide bonds. The zero-order chi connectivity index (χ0) is 22.0. The van der Waals surface area contributed by atoms with E-state index in [0.717, 1.165) is 4.90 Å². The van der Waals surface area contributed by atoms with Gasteiger partial charge < -0.3 is 14.6 Å². The van der Waals surface area contributed by atoms with Gasteiger partial charge in [-0.3, -0.25) is 14.5 Å². The molecule has 0 saturated heterocycles. The summed E-state index contributed by atoms with van der Waals surface area (Å²) < 4.78 is 19.6. The summed E-state index contributed by atoms with van der Waals surface area (Å²) in [5.74, 6) is -0.160. The molecule has 1 aliphatic heterocycles. The number of halogens is 1. The monoisotopic (exact) mass is 439 g/mol. The first-order chi connectivity index (χ1) is 14.9. The highest BCUT2D eigenvalue weighted by Gasteiger charge is 2.35. The summed E-state index contributed by atoms with van der Waals surface area (Å²) in [4.78, 5) is 30.1. The Morgan fingerprint density at radius 1 is 1.19 bits per heavy atom. The van der Waals surface area contributed by atoms with E-state index in [-0.39, 0.29) is 30.7 Å². The van der Waals surface area contributed by atoms with Crippen LogP contribution in [0.4, 0.5) is 10.1 Å². The zero-order valence-electron chi connectivity index (χ0n) is 17.2. The van der Waals surface area contributed by atoms with E-state index < -0.39 is 5.37 Å². The molecular weight excluding hydrogens is 417 g/mol. The summed E-state index contributed by atoms with van der Waals surface area (Å²) >= 11 is 1.42. The van der Waals surface area contributed by atoms with Gasteiger partial charge in [0.15, 0.2) is 0 Å². The molecule has 2 aromatic carbocycles. The lowest BCUT2D eigenvalue weighted by Crippen LogP contribution is -2.46. The number of carbonyl (C=O) groups is 2. The molecule has 4 rings (SSSR count). The van der Waals surface area contributed by atoms with Crippen molar-refractivity contribution in [3.8, 4) is 0 Å². The number of benzene rings is 2. The van der Waals surface area contributed by atoms with Crippen LogP contribution in [0.25, 0.3) is 0 Å². The number of thioether (sulfide) groups is 1. The normalized spacial score (nSPS) is 15.8. The van der Waals surface area contributed by atoms with Crippen LogP contribution in [0, 0.1) is 5.82 Å². The van der Waals surface area contributed by atoms with Gasteiger partial charge in [0.25, 0.3) is 11.8 Å². The van der Waals surface area contributed by atoms with Gasteiger partial charge in [0.05, 0.1) is 25.0 Å². The van der Waals surface area contributed by atoms with E-state index in [2.05, 4.69) is 5.32 Å². The van der Waals surface area contributed by atoms with Crippen LogP contribution in [0.3, 0.4) is 0 Å². The van der Waals surface area contributed by atoms with E-state index in [1.54, 1.807) is 53.6 Å². The van der Waals surface area contributed by atoms with Gasteiger partial charge in [-0.1, -0.05) is 30.0 Å². The minimum absolute atomic E-state index is 0.0842. The van der Waals surface area contributed by atoms with Crippen molar-refractivity contribution >= 4 is 29.3 Å². The Bertz CT molecular complexity index is 1100. The summed E-state index contributed by atoms with van der Waals surface area (Å²) in [6, 6.07) is 15.2. The van der Waals surface area contributed by atoms with E-state index in [9.17, 15) is 14.0 Å². The molecule has 1 N–H and O–H groups in total. The summed E-state index contributed by atoms with van der Waals surface area (Å²) in [6.07, 6.45) is 1.55. The average molecular weight is 440 g/mol. The molecular formula is C23H22FN3O3S. The van der Waals surface area contributed by atoms with Gasteiger partial charge in [-0.25, -0.2) is 4.39 Å². The van der Waals surface area contributed by atoms with E-state index in [4.69, 9.17) is 4.42 Å². The van der Waals surface area contributed by atoms with Crippen molar-refractivity contribution in [2.24, 2.45) is 0 Å². The van der Waals surface area contributed by atoms with Gasteiger partial charge in [-0.15, -0.1) is 0 Å². The fraction of sp³-hybridized carbons (Fsp3) is 0.217. The number of anilines is 1. The number of hydrogen-bond donors (Lipinski definition) is 1. The summed E-state index contributed by atoms with van der Waals surface area (Å²) in [5, 5.41) is 2.38. The van der Waals surface area contributed by atoms with Crippen LogP contribution in [0.1, 0.15) is 21.7 Å². The van der Waals surface area contributed by atoms with Crippen LogP contribution in [0.5, 0.6) is 0 Å². The molecule has 31 heavy (non-hydrogen) atoms. The Balaban J connectivity index is 1.65. The van der Waals surface area contributed by atoms with Crippen LogP contribution in [0.2, 0.25) is 0 Å². The van der Waals surface area contributed by atoms with Crippen molar-refractivity contribution in [1.29, 1.82) is 0 Å². The van der Waals surface area contributed by atoms with Crippen molar-refractivity contribution in [2.45, 2.75) is 23.4 Å². The van der Waals surface area contributed by atoms with Crippen LogP contribution < -0.4 is 10.2 Å². The highest BCUT2D eigenvalue weighted by Crippen LogP contribution is 2.41. The fourth-order valence-electron chi connectivity index (χ4n) is 3.36. The molecule has 0 radical (unpaired) electrons. The van der Waals surface area contributed by atoms with E-state index in [1.165, 1.54) is 17.8 Å². The summed E-state index contributed by atoms with van der Waals surface area (Å²) in [5.41, 5.74) is 1.43. The maximum Gasteiger partial charge on any atom is 0.255 e. The maximum atomic E-state index is 14.3. The Labute approximate surface area is 184 Å². The Morgan fingerprint density at radius 3 is 2.71 bits per heavy atom. The minimum Gasteiger partial charge on any atom is -0.467 e. The molecule has 0 saturated carbocycles. The quantitative estimate of drug-likeness (QED) is 0.632. The van der Waals surface area contributed by atoms with Gasteiger partial charge in [0.2, 0.25) is 0 Å². The Kier molecular flexibility index (Phi) is 6.11. The van der Waals surface area contributed by atoms with Crippen molar-refractivity contribution in [3.63, 3.8) is 0 Å². The number of amides is 2. The first-order valence-corrected chi connectivity index (χ1v) is 10.6. The van der Waals surface area contributed by atoms with Crippen molar-refractivity contribution in [2.75, 3.05) is 19.0 Å². The minimum atomic E-state index is -0.432. The largest absolute Gasteiger partial charge is 0.467 e. The molecule has 0 bridgehead atoms. The topological polar surface area (TPSA) is 65.8 Å². The van der Waals surface area contributed by atoms with E-state index >= 15 is 0 Å². The predicted octanol–water partition coefficient (Wildman–Crippen LogP) is 3.88. The molecule has 2 heterocycles. The highest BCUT2D eigenvalue weighted by atomic mass is 32.2. The first-order valence-electron chi connectivity index (χ1n) is 9.76. The van der Waals surface area contributed by atoms with Crippen molar-refractivity contribution < 1.29 is 18.4 Å². The van der Waals surface area contributed by atoms with Gasteiger partial charge in [-0.05, 0) is 50.5 Å². The third-order valence-corrected chi connectivity index (χ3v) is 6.43. The molecule has 0 aliphatic carbocycles. The second-order valence-electron chi connectivity index (χ2n) is 7.39. The van der Waals surface area contributed by atoms with Gasteiger partial charge in [0.1, 0.15) is 17.0 Å². The second kappa shape index (κ2) is 8.95.